The zero-order chi connectivity index (χ0) is 32.2. The molecule has 0 aliphatic heterocycles. The number of nitrogens with zero attached hydrogens (tertiary/aromatic N) is 8. The number of aromatic nitrogens is 8. The normalized spacial score (nSPS) is 11.5. The second-order valence-electron chi connectivity index (χ2n) is 10.9. The Morgan fingerprint density at radius 3 is 1.94 bits per heavy atom. The summed E-state index contributed by atoms with van der Waals surface area (Å²) < 4.78 is 45.8. The zero-order valence-electron chi connectivity index (χ0n) is 24.4. The highest BCUT2D eigenvalue weighted by molar-refractivity contribution is 6.33. The van der Waals surface area contributed by atoms with Gasteiger partial charge < -0.3 is 0 Å². The van der Waals surface area contributed by atoms with Crippen LogP contribution in [-0.4, -0.2) is 39.2 Å². The molecule has 8 rings (SSSR count). The molecule has 12 heteroatoms. The minimum Gasteiger partial charge on any atom is -0.256 e. The van der Waals surface area contributed by atoms with Crippen LogP contribution < -0.4 is 0 Å². The SMILES string of the molecule is Cc1cc(-c2ncccc2-c2ccn3ncnc3c2)c(Cl)cc1-c1cnc(-c2cc(F)c(F)c(F)c2)c(-c2ccn3ncnc3c2)c1. The molecule has 6 heterocycles. The molecule has 0 unspecified atom stereocenters. The average Bonchev–Trinajstić information content (AvgIpc) is 3.76. The van der Waals surface area contributed by atoms with Crippen molar-refractivity contribution in [3.05, 3.63) is 132 Å². The third-order valence-electron chi connectivity index (χ3n) is 8.02. The molecule has 0 N–H and O–H groups in total. The van der Waals surface area contributed by atoms with Crippen molar-refractivity contribution >= 4 is 22.9 Å². The van der Waals surface area contributed by atoms with E-state index in [2.05, 4.69) is 25.1 Å². The molecule has 0 amide bonds. The summed E-state index contributed by atoms with van der Waals surface area (Å²) in [6.07, 6.45) is 9.81. The fourth-order valence-electron chi connectivity index (χ4n) is 5.75. The first-order chi connectivity index (χ1) is 22.8. The minimum absolute atomic E-state index is 0.0846. The van der Waals surface area contributed by atoms with Gasteiger partial charge in [-0.25, -0.2) is 32.2 Å². The molecule has 0 bridgehead atoms. The van der Waals surface area contributed by atoms with Gasteiger partial charge in [0.15, 0.2) is 28.7 Å². The lowest BCUT2D eigenvalue weighted by Crippen LogP contribution is -1.98. The van der Waals surface area contributed by atoms with Gasteiger partial charge in [-0.15, -0.1) is 0 Å². The first kappa shape index (κ1) is 28.5. The van der Waals surface area contributed by atoms with E-state index >= 15 is 0 Å². The minimum atomic E-state index is -1.54. The molecular formula is C35H20ClF3N8. The van der Waals surface area contributed by atoms with Gasteiger partial charge in [0.2, 0.25) is 0 Å². The monoisotopic (exact) mass is 644 g/mol. The summed E-state index contributed by atoms with van der Waals surface area (Å²) in [5, 5.41) is 8.79. The van der Waals surface area contributed by atoms with E-state index in [1.165, 1.54) is 12.7 Å². The molecule has 228 valence electrons. The molecule has 2 aromatic carbocycles. The maximum atomic E-state index is 14.3. The van der Waals surface area contributed by atoms with Crippen molar-refractivity contribution in [2.75, 3.05) is 0 Å². The van der Waals surface area contributed by atoms with Crippen molar-refractivity contribution in [2.45, 2.75) is 6.92 Å². The third kappa shape index (κ3) is 4.97. The zero-order valence-corrected chi connectivity index (χ0v) is 25.2. The number of benzene rings is 2. The van der Waals surface area contributed by atoms with Gasteiger partial charge >= 0.3 is 0 Å². The van der Waals surface area contributed by atoms with E-state index in [4.69, 9.17) is 16.6 Å². The van der Waals surface area contributed by atoms with Crippen LogP contribution in [0, 0.1) is 24.4 Å². The number of fused-ring (bicyclic) bond motifs is 2. The summed E-state index contributed by atoms with van der Waals surface area (Å²) >= 11 is 6.99. The Morgan fingerprint density at radius 1 is 0.596 bits per heavy atom. The smallest absolute Gasteiger partial charge is 0.194 e. The lowest BCUT2D eigenvalue weighted by molar-refractivity contribution is 0.447. The van der Waals surface area contributed by atoms with Gasteiger partial charge in [0.1, 0.15) is 12.7 Å². The van der Waals surface area contributed by atoms with E-state index in [0.29, 0.717) is 38.7 Å². The Morgan fingerprint density at radius 2 is 1.26 bits per heavy atom. The van der Waals surface area contributed by atoms with Crippen LogP contribution >= 0.6 is 11.6 Å². The van der Waals surface area contributed by atoms with Crippen molar-refractivity contribution in [3.8, 4) is 55.9 Å². The molecule has 8 aromatic rings. The van der Waals surface area contributed by atoms with Gasteiger partial charge in [0, 0.05) is 52.6 Å². The van der Waals surface area contributed by atoms with Gasteiger partial charge in [-0.2, -0.15) is 10.2 Å². The maximum Gasteiger partial charge on any atom is 0.194 e. The van der Waals surface area contributed by atoms with Gasteiger partial charge in [0.05, 0.1) is 16.4 Å². The molecule has 0 radical (unpaired) electrons. The van der Waals surface area contributed by atoms with Crippen molar-refractivity contribution < 1.29 is 13.2 Å². The predicted molar refractivity (Wildman–Crippen MR) is 172 cm³/mol. The second kappa shape index (κ2) is 11.1. The van der Waals surface area contributed by atoms with Crippen LogP contribution in [0.3, 0.4) is 0 Å². The molecule has 0 fully saturated rings. The number of aryl methyl sites for hydroxylation is 1. The molecule has 0 spiro atoms. The van der Waals surface area contributed by atoms with Crippen molar-refractivity contribution in [1.82, 2.24) is 39.2 Å². The highest BCUT2D eigenvalue weighted by Crippen LogP contribution is 2.41. The second-order valence-corrected chi connectivity index (χ2v) is 11.3. The number of hydrogen-bond acceptors (Lipinski definition) is 6. The van der Waals surface area contributed by atoms with E-state index in [1.54, 1.807) is 39.8 Å². The molecule has 0 saturated heterocycles. The topological polar surface area (TPSA) is 86.2 Å². The van der Waals surface area contributed by atoms with Gasteiger partial charge in [-0.3, -0.25) is 9.97 Å². The lowest BCUT2D eigenvalue weighted by Gasteiger charge is -2.16. The summed E-state index contributed by atoms with van der Waals surface area (Å²) in [4.78, 5) is 17.9. The number of halogens is 4. The number of rotatable bonds is 5. The van der Waals surface area contributed by atoms with Crippen molar-refractivity contribution in [2.24, 2.45) is 0 Å². The highest BCUT2D eigenvalue weighted by atomic mass is 35.5. The first-order valence-electron chi connectivity index (χ1n) is 14.3. The number of hydrogen-bond donors (Lipinski definition) is 0. The molecular weight excluding hydrogens is 625 g/mol. The molecule has 0 aliphatic carbocycles. The standard InChI is InChI=1S/C35H20ClF3N8/c1-19-9-27(35-24(3-2-6-40-35)20-4-7-46-31(13-20)42-17-44-46)28(36)15-25(19)23-10-26(21-5-8-47-32(14-21)43-18-45-47)34(41-16-23)22-11-29(37)33(39)30(38)12-22/h2-18H,1H3. The lowest BCUT2D eigenvalue weighted by atomic mass is 9.92. The molecule has 47 heavy (non-hydrogen) atoms. The van der Waals surface area contributed by atoms with E-state index in [9.17, 15) is 13.2 Å². The summed E-state index contributed by atoms with van der Waals surface area (Å²) in [6, 6.07) is 18.9. The predicted octanol–water partition coefficient (Wildman–Crippen LogP) is 8.28. The van der Waals surface area contributed by atoms with E-state index < -0.39 is 17.5 Å². The Labute approximate surface area is 269 Å². The third-order valence-corrected chi connectivity index (χ3v) is 8.33. The summed E-state index contributed by atoms with van der Waals surface area (Å²) in [5.74, 6) is -4.16. The van der Waals surface area contributed by atoms with Crippen LogP contribution in [0.2, 0.25) is 5.02 Å². The summed E-state index contributed by atoms with van der Waals surface area (Å²) in [5.41, 5.74) is 8.45. The van der Waals surface area contributed by atoms with Gasteiger partial charge in [0.25, 0.3) is 0 Å². The Bertz CT molecular complexity index is 2490. The van der Waals surface area contributed by atoms with Crippen LogP contribution in [0.1, 0.15) is 5.56 Å². The van der Waals surface area contributed by atoms with Crippen LogP contribution in [0.25, 0.3) is 67.2 Å². The Kier molecular flexibility index (Phi) is 6.76. The van der Waals surface area contributed by atoms with Crippen LogP contribution in [0.15, 0.2) is 104 Å². The van der Waals surface area contributed by atoms with E-state index in [1.807, 2.05) is 55.6 Å². The van der Waals surface area contributed by atoms with Crippen molar-refractivity contribution in [1.29, 1.82) is 0 Å². The fourth-order valence-corrected chi connectivity index (χ4v) is 6.00. The molecule has 0 saturated carbocycles. The highest BCUT2D eigenvalue weighted by Gasteiger charge is 2.20. The van der Waals surface area contributed by atoms with Crippen molar-refractivity contribution in [3.63, 3.8) is 0 Å². The summed E-state index contributed by atoms with van der Waals surface area (Å²) in [6.45, 7) is 1.96. The van der Waals surface area contributed by atoms with Gasteiger partial charge in [-0.05, 0) is 89.8 Å². The number of pyridine rings is 4. The van der Waals surface area contributed by atoms with Crippen LogP contribution in [-0.2, 0) is 0 Å². The van der Waals surface area contributed by atoms with Gasteiger partial charge in [-0.1, -0.05) is 17.7 Å². The largest absolute Gasteiger partial charge is 0.256 e. The first-order valence-corrected chi connectivity index (χ1v) is 14.7. The Balaban J connectivity index is 1.26. The summed E-state index contributed by atoms with van der Waals surface area (Å²) in [7, 11) is 0. The molecule has 8 nitrogen and oxygen atoms in total. The van der Waals surface area contributed by atoms with E-state index in [0.717, 1.165) is 39.9 Å². The molecule has 6 aromatic heterocycles. The maximum absolute atomic E-state index is 14.3. The van der Waals surface area contributed by atoms with E-state index in [-0.39, 0.29) is 11.3 Å². The molecule has 0 aliphatic rings. The molecule has 0 atom stereocenters. The average molecular weight is 645 g/mol. The quantitative estimate of drug-likeness (QED) is 0.175. The fraction of sp³-hybridized carbons (Fsp3) is 0.0286. The Hall–Kier alpha value is -5.94. The van der Waals surface area contributed by atoms with Crippen LogP contribution in [0.5, 0.6) is 0 Å². The van der Waals surface area contributed by atoms with Crippen LogP contribution in [0.4, 0.5) is 13.2 Å².